The maximum Gasteiger partial charge on any atom is 0.259 e. The molecule has 47 heavy (non-hydrogen) atoms. The van der Waals surface area contributed by atoms with E-state index < -0.39 is 39.2 Å². The van der Waals surface area contributed by atoms with E-state index in [1.807, 2.05) is 91.0 Å². The van der Waals surface area contributed by atoms with E-state index in [1.54, 1.807) is 7.11 Å². The smallest absolute Gasteiger partial charge is 0.259 e. The van der Waals surface area contributed by atoms with Crippen LogP contribution in [0.1, 0.15) is 50.8 Å². The van der Waals surface area contributed by atoms with Gasteiger partial charge >= 0.3 is 0 Å². The van der Waals surface area contributed by atoms with E-state index in [2.05, 4.69) is 38.4 Å². The van der Waals surface area contributed by atoms with Gasteiger partial charge in [-0.15, -0.1) is 0 Å². The van der Waals surface area contributed by atoms with Gasteiger partial charge in [-0.05, 0) is 44.4 Å². The predicted octanol–water partition coefficient (Wildman–Crippen LogP) is 7.41. The highest BCUT2D eigenvalue weighted by molar-refractivity contribution is 7.44. The molecule has 0 radical (unpaired) electrons. The molecule has 0 amide bonds. The van der Waals surface area contributed by atoms with Crippen molar-refractivity contribution in [1.82, 2.24) is 4.67 Å². The lowest BCUT2D eigenvalue weighted by Gasteiger charge is -2.46. The van der Waals surface area contributed by atoms with Crippen LogP contribution in [0, 0.1) is 11.3 Å². The lowest BCUT2D eigenvalue weighted by atomic mass is 9.98. The first kappa shape index (κ1) is 37.1. The summed E-state index contributed by atoms with van der Waals surface area (Å²) < 4.78 is 47.4. The minimum Gasteiger partial charge on any atom is -0.368 e. The molecule has 1 aliphatic heterocycles. The Morgan fingerprint density at radius 3 is 1.62 bits per heavy atom. The fourth-order valence-corrected chi connectivity index (χ4v) is 7.14. The first-order chi connectivity index (χ1) is 22.9. The largest absolute Gasteiger partial charge is 0.368 e. The van der Waals surface area contributed by atoms with Gasteiger partial charge in [0, 0.05) is 19.2 Å². The van der Waals surface area contributed by atoms with Crippen molar-refractivity contribution < 1.29 is 32.7 Å². The molecule has 1 aliphatic rings. The molecule has 254 valence electrons. The van der Waals surface area contributed by atoms with Crippen LogP contribution in [0.4, 0.5) is 0 Å². The van der Waals surface area contributed by atoms with Crippen molar-refractivity contribution >= 4 is 8.53 Å². The van der Waals surface area contributed by atoms with Crippen LogP contribution >= 0.6 is 8.53 Å². The van der Waals surface area contributed by atoms with Crippen molar-refractivity contribution in [1.29, 1.82) is 5.26 Å². The monoisotopic (exact) mass is 664 g/mol. The zero-order chi connectivity index (χ0) is 33.4. The van der Waals surface area contributed by atoms with Crippen LogP contribution in [-0.2, 0) is 52.6 Å². The third kappa shape index (κ3) is 11.4. The second-order valence-corrected chi connectivity index (χ2v) is 13.4. The van der Waals surface area contributed by atoms with Crippen molar-refractivity contribution in [2.24, 2.45) is 0 Å². The van der Waals surface area contributed by atoms with Gasteiger partial charge in [0.25, 0.3) is 8.53 Å². The summed E-state index contributed by atoms with van der Waals surface area (Å²) >= 11 is 0. The molecule has 0 aromatic heterocycles. The van der Waals surface area contributed by atoms with Crippen molar-refractivity contribution in [3.8, 4) is 6.07 Å². The highest BCUT2D eigenvalue weighted by atomic mass is 31.2. The summed E-state index contributed by atoms with van der Waals surface area (Å²) in [7, 11) is 0.106. The van der Waals surface area contributed by atoms with Crippen LogP contribution in [0.15, 0.2) is 91.0 Å². The van der Waals surface area contributed by atoms with E-state index in [0.29, 0.717) is 19.8 Å². The van der Waals surface area contributed by atoms with Gasteiger partial charge in [0.05, 0.1) is 45.5 Å². The summed E-state index contributed by atoms with van der Waals surface area (Å²) in [6, 6.07) is 32.5. The van der Waals surface area contributed by atoms with Crippen molar-refractivity contribution in [2.45, 2.75) is 96.7 Å². The highest BCUT2D eigenvalue weighted by Gasteiger charge is 2.49. The Hall–Kier alpha value is -2.74. The Kier molecular flexibility index (Phi) is 15.7. The molecule has 0 aliphatic carbocycles. The van der Waals surface area contributed by atoms with E-state index in [1.165, 1.54) is 0 Å². The number of hydrogen-bond acceptors (Lipinski definition) is 9. The highest BCUT2D eigenvalue weighted by Crippen LogP contribution is 2.47. The molecule has 4 rings (SSSR count). The van der Waals surface area contributed by atoms with Gasteiger partial charge < -0.3 is 32.7 Å². The minimum absolute atomic E-state index is 0.157. The van der Waals surface area contributed by atoms with Crippen LogP contribution in [-0.4, -0.2) is 67.8 Å². The number of methoxy groups -OCH3 is 1. The maximum absolute atomic E-state index is 9.16. The van der Waals surface area contributed by atoms with E-state index in [-0.39, 0.29) is 31.7 Å². The topological polar surface area (TPSA) is 91.6 Å². The Bertz CT molecular complexity index is 1300. The molecule has 0 bridgehead atoms. The third-order valence-electron chi connectivity index (χ3n) is 7.69. The normalized spacial score (nSPS) is 22.1. The van der Waals surface area contributed by atoms with Gasteiger partial charge in [0.15, 0.2) is 6.29 Å². The zero-order valence-electron chi connectivity index (χ0n) is 28.1. The fourth-order valence-electron chi connectivity index (χ4n) is 5.52. The van der Waals surface area contributed by atoms with Crippen LogP contribution < -0.4 is 0 Å². The van der Waals surface area contributed by atoms with Gasteiger partial charge in [-0.25, -0.2) is 4.67 Å². The Balaban J connectivity index is 1.64. The molecular formula is C37H49N2O7P. The average Bonchev–Trinajstić information content (AvgIpc) is 3.09. The number of nitriles is 1. The Morgan fingerprint density at radius 2 is 1.17 bits per heavy atom. The Labute approximate surface area is 281 Å². The van der Waals surface area contributed by atoms with Gasteiger partial charge in [0.2, 0.25) is 0 Å². The molecule has 0 saturated carbocycles. The second-order valence-electron chi connectivity index (χ2n) is 11.9. The lowest BCUT2D eigenvalue weighted by molar-refractivity contribution is -0.320. The SMILES string of the molecule is CO[C@@H]1O[C@H](COP(OCCC#N)N(C(C)C)C(C)C)[C@@H](OCc2ccccc2)[C@H](OCc2ccccc2)[C@H]1OCc1ccccc1. The van der Waals surface area contributed by atoms with Crippen molar-refractivity contribution in [3.05, 3.63) is 108 Å². The molecular weight excluding hydrogens is 615 g/mol. The van der Waals surface area contributed by atoms with E-state index in [9.17, 15) is 0 Å². The number of rotatable bonds is 19. The summed E-state index contributed by atoms with van der Waals surface area (Å²) in [6.07, 6.45) is -2.79. The summed E-state index contributed by atoms with van der Waals surface area (Å²) in [5.41, 5.74) is 3.08. The summed E-state index contributed by atoms with van der Waals surface area (Å²) in [5, 5.41) is 9.16. The molecule has 6 atom stereocenters. The molecule has 3 aromatic carbocycles. The standard InChI is InChI=1S/C37H49N2O7P/c1-28(2)39(29(3)4)47(44-23-15-22-38)45-27-33-34(41-24-30-16-9-6-10-17-30)35(42-25-31-18-11-7-12-19-31)36(37(40-5)46-33)43-26-32-20-13-8-14-21-32/h6-14,16-21,28-29,33-37H,15,23-27H2,1-5H3/t33-,34-,35+,36-,37-,47?/m1/s1. The molecule has 0 spiro atoms. The minimum atomic E-state index is -1.50. The first-order valence-corrected chi connectivity index (χ1v) is 17.4. The average molecular weight is 665 g/mol. The molecule has 10 heteroatoms. The van der Waals surface area contributed by atoms with Gasteiger partial charge in [-0.1, -0.05) is 91.0 Å². The third-order valence-corrected chi connectivity index (χ3v) is 9.77. The van der Waals surface area contributed by atoms with E-state index in [4.69, 9.17) is 38.0 Å². The van der Waals surface area contributed by atoms with Crippen LogP contribution in [0.25, 0.3) is 0 Å². The van der Waals surface area contributed by atoms with Gasteiger partial charge in [0.1, 0.15) is 24.4 Å². The van der Waals surface area contributed by atoms with E-state index >= 15 is 0 Å². The first-order valence-electron chi connectivity index (χ1n) is 16.3. The molecule has 0 N–H and O–H groups in total. The van der Waals surface area contributed by atoms with E-state index in [0.717, 1.165) is 16.7 Å². The molecule has 1 fully saturated rings. The molecule has 1 heterocycles. The number of nitrogens with zero attached hydrogens (tertiary/aromatic N) is 2. The van der Waals surface area contributed by atoms with Crippen LogP contribution in [0.3, 0.4) is 0 Å². The molecule has 3 aromatic rings. The zero-order valence-corrected chi connectivity index (χ0v) is 29.0. The number of ether oxygens (including phenoxy) is 5. The maximum atomic E-state index is 9.16. The van der Waals surface area contributed by atoms with Crippen molar-refractivity contribution in [2.75, 3.05) is 20.3 Å². The fraction of sp³-hybridized carbons (Fsp3) is 0.486. The quantitative estimate of drug-likeness (QED) is 0.0960. The van der Waals surface area contributed by atoms with Crippen molar-refractivity contribution in [3.63, 3.8) is 0 Å². The number of hydrogen-bond donors (Lipinski definition) is 0. The molecule has 1 unspecified atom stereocenters. The Morgan fingerprint density at radius 1 is 0.702 bits per heavy atom. The summed E-state index contributed by atoms with van der Waals surface area (Å²) in [5.74, 6) is 0. The predicted molar refractivity (Wildman–Crippen MR) is 182 cm³/mol. The lowest BCUT2D eigenvalue weighted by Crippen LogP contribution is -2.61. The van der Waals surface area contributed by atoms with Crippen LogP contribution in [0.5, 0.6) is 0 Å². The van der Waals surface area contributed by atoms with Crippen LogP contribution in [0.2, 0.25) is 0 Å². The van der Waals surface area contributed by atoms with Gasteiger partial charge in [-0.3, -0.25) is 0 Å². The summed E-state index contributed by atoms with van der Waals surface area (Å²) in [6.45, 7) is 9.91. The molecule has 1 saturated heterocycles. The molecule has 9 nitrogen and oxygen atoms in total. The second kappa shape index (κ2) is 19.9. The number of benzene rings is 3. The summed E-state index contributed by atoms with van der Waals surface area (Å²) in [4.78, 5) is 0. The van der Waals surface area contributed by atoms with Gasteiger partial charge in [-0.2, -0.15) is 5.26 Å².